The first-order chi connectivity index (χ1) is 11.7. The first-order valence-electron chi connectivity index (χ1n) is 7.66. The van der Waals surface area contributed by atoms with E-state index < -0.39 is 0 Å². The van der Waals surface area contributed by atoms with E-state index in [1.54, 1.807) is 18.4 Å². The van der Waals surface area contributed by atoms with E-state index >= 15 is 0 Å². The second kappa shape index (κ2) is 7.98. The lowest BCUT2D eigenvalue weighted by molar-refractivity contribution is -0.121. The molecule has 0 fully saturated rings. The summed E-state index contributed by atoms with van der Waals surface area (Å²) >= 11 is 1.63. The molecule has 0 aliphatic carbocycles. The van der Waals surface area contributed by atoms with E-state index in [2.05, 4.69) is 20.4 Å². The number of hydrogen-bond acceptors (Lipinski definition) is 7. The van der Waals surface area contributed by atoms with Gasteiger partial charge in [-0.25, -0.2) is 4.98 Å². The van der Waals surface area contributed by atoms with Crippen LogP contribution in [-0.2, 0) is 29.0 Å². The maximum absolute atomic E-state index is 11.9. The van der Waals surface area contributed by atoms with Gasteiger partial charge in [0.1, 0.15) is 6.61 Å². The number of fused-ring (bicyclic) bond motifs is 1. The lowest BCUT2D eigenvalue weighted by atomic mass is 10.3. The molecule has 0 atom stereocenters. The summed E-state index contributed by atoms with van der Waals surface area (Å²) in [5.74, 6) is 0.998. The van der Waals surface area contributed by atoms with Gasteiger partial charge in [0, 0.05) is 32.9 Å². The molecule has 0 aliphatic heterocycles. The van der Waals surface area contributed by atoms with Gasteiger partial charge in [0.15, 0.2) is 5.82 Å². The molecule has 126 valence electrons. The number of thiazole rings is 1. The zero-order chi connectivity index (χ0) is 16.8. The molecule has 0 radical (unpaired) electrons. The van der Waals surface area contributed by atoms with Crippen molar-refractivity contribution in [1.82, 2.24) is 20.4 Å². The van der Waals surface area contributed by atoms with Crippen LogP contribution in [0, 0.1) is 0 Å². The molecule has 0 saturated heterocycles. The number of carbonyl (C=O) groups excluding carboxylic acids is 1. The Morgan fingerprint density at radius 3 is 3.00 bits per heavy atom. The van der Waals surface area contributed by atoms with Gasteiger partial charge in [0.05, 0.1) is 15.2 Å². The quantitative estimate of drug-likeness (QED) is 0.672. The van der Waals surface area contributed by atoms with E-state index in [9.17, 15) is 4.79 Å². The molecule has 8 heteroatoms. The molecule has 7 nitrogen and oxygen atoms in total. The van der Waals surface area contributed by atoms with Crippen LogP contribution >= 0.6 is 11.3 Å². The van der Waals surface area contributed by atoms with Crippen molar-refractivity contribution < 1.29 is 14.1 Å². The molecular formula is C16H18N4O3S. The average molecular weight is 346 g/mol. The number of aromatic nitrogens is 3. The standard InChI is InChI=1S/C16H18N4O3S/c1-22-10-15-19-13(20-23-15)8-9-17-14(21)6-7-16-18-11-4-2-3-5-12(11)24-16/h2-5H,6-10H2,1H3,(H,17,21). The minimum absolute atomic E-state index is 0.00475. The highest BCUT2D eigenvalue weighted by atomic mass is 32.1. The van der Waals surface area contributed by atoms with Gasteiger partial charge in [-0.2, -0.15) is 4.98 Å². The van der Waals surface area contributed by atoms with Gasteiger partial charge in [-0.05, 0) is 12.1 Å². The Kier molecular flexibility index (Phi) is 5.50. The number of nitrogens with zero attached hydrogens (tertiary/aromatic N) is 3. The number of nitrogens with one attached hydrogen (secondary N) is 1. The van der Waals surface area contributed by atoms with Gasteiger partial charge in [0.25, 0.3) is 5.89 Å². The van der Waals surface area contributed by atoms with Crippen molar-refractivity contribution in [1.29, 1.82) is 0 Å². The molecule has 0 aliphatic rings. The maximum Gasteiger partial charge on any atom is 0.252 e. The topological polar surface area (TPSA) is 90.1 Å². The molecule has 1 aromatic carbocycles. The third kappa shape index (κ3) is 4.36. The van der Waals surface area contributed by atoms with Gasteiger partial charge in [-0.3, -0.25) is 4.79 Å². The molecule has 2 heterocycles. The van der Waals surface area contributed by atoms with E-state index in [1.807, 2.05) is 24.3 Å². The Balaban J connectivity index is 1.40. The number of hydrogen-bond donors (Lipinski definition) is 1. The summed E-state index contributed by atoms with van der Waals surface area (Å²) in [6.07, 6.45) is 1.59. The summed E-state index contributed by atoms with van der Waals surface area (Å²) < 4.78 is 11.0. The van der Waals surface area contributed by atoms with Crippen LogP contribution in [0.3, 0.4) is 0 Å². The van der Waals surface area contributed by atoms with Crippen molar-refractivity contribution in [2.45, 2.75) is 25.9 Å². The van der Waals surface area contributed by atoms with E-state index in [0.717, 1.165) is 15.2 Å². The Labute approximate surface area is 143 Å². The van der Waals surface area contributed by atoms with Crippen molar-refractivity contribution in [3.63, 3.8) is 0 Å². The number of carbonyl (C=O) groups is 1. The molecule has 24 heavy (non-hydrogen) atoms. The van der Waals surface area contributed by atoms with Gasteiger partial charge in [-0.15, -0.1) is 11.3 Å². The summed E-state index contributed by atoms with van der Waals surface area (Å²) in [6, 6.07) is 7.99. The van der Waals surface area contributed by atoms with Gasteiger partial charge >= 0.3 is 0 Å². The number of aryl methyl sites for hydroxylation is 1. The van der Waals surface area contributed by atoms with Crippen molar-refractivity contribution in [3.8, 4) is 0 Å². The van der Waals surface area contributed by atoms with E-state index in [0.29, 0.717) is 44.1 Å². The van der Waals surface area contributed by atoms with E-state index in [1.165, 1.54) is 0 Å². The smallest absolute Gasteiger partial charge is 0.252 e. The normalized spacial score (nSPS) is 11.0. The zero-order valence-electron chi connectivity index (χ0n) is 13.3. The molecule has 0 unspecified atom stereocenters. The summed E-state index contributed by atoms with van der Waals surface area (Å²) in [5, 5.41) is 7.67. The fraction of sp³-hybridized carbons (Fsp3) is 0.375. The molecular weight excluding hydrogens is 328 g/mol. The first-order valence-corrected chi connectivity index (χ1v) is 8.48. The predicted octanol–water partition coefficient (Wildman–Crippen LogP) is 2.12. The van der Waals surface area contributed by atoms with Gasteiger partial charge < -0.3 is 14.6 Å². The minimum Gasteiger partial charge on any atom is -0.375 e. The minimum atomic E-state index is -0.00475. The first kappa shape index (κ1) is 16.5. The summed E-state index contributed by atoms with van der Waals surface area (Å²) in [7, 11) is 1.57. The van der Waals surface area contributed by atoms with Crippen LogP contribution in [-0.4, -0.2) is 34.7 Å². The zero-order valence-corrected chi connectivity index (χ0v) is 14.1. The van der Waals surface area contributed by atoms with Crippen LogP contribution in [0.2, 0.25) is 0 Å². The highest BCUT2D eigenvalue weighted by molar-refractivity contribution is 7.18. The SMILES string of the molecule is COCc1nc(CCNC(=O)CCc2nc3ccccc3s2)no1. The highest BCUT2D eigenvalue weighted by Crippen LogP contribution is 2.22. The molecule has 0 spiro atoms. The van der Waals surface area contributed by atoms with E-state index in [4.69, 9.17) is 9.26 Å². The number of benzene rings is 1. The average Bonchev–Trinajstić information content (AvgIpc) is 3.19. The second-order valence-corrected chi connectivity index (χ2v) is 6.33. The number of ether oxygens (including phenoxy) is 1. The fourth-order valence-corrected chi connectivity index (χ4v) is 3.19. The van der Waals surface area contributed by atoms with Crippen LogP contribution in [0.15, 0.2) is 28.8 Å². The maximum atomic E-state index is 11.9. The lowest BCUT2D eigenvalue weighted by Crippen LogP contribution is -2.26. The predicted molar refractivity (Wildman–Crippen MR) is 89.7 cm³/mol. The third-order valence-electron chi connectivity index (χ3n) is 3.35. The van der Waals surface area contributed by atoms with Crippen molar-refractivity contribution in [2.24, 2.45) is 0 Å². The van der Waals surface area contributed by atoms with Crippen LogP contribution < -0.4 is 5.32 Å². The Morgan fingerprint density at radius 1 is 1.29 bits per heavy atom. The Hall–Kier alpha value is -2.32. The van der Waals surface area contributed by atoms with Crippen molar-refractivity contribution in [2.75, 3.05) is 13.7 Å². The van der Waals surface area contributed by atoms with Crippen molar-refractivity contribution >= 4 is 27.5 Å². The summed E-state index contributed by atoms with van der Waals surface area (Å²) in [4.78, 5) is 20.6. The number of amides is 1. The Bertz CT molecular complexity index is 781. The molecule has 0 saturated carbocycles. The fourth-order valence-electron chi connectivity index (χ4n) is 2.22. The second-order valence-electron chi connectivity index (χ2n) is 5.21. The Morgan fingerprint density at radius 2 is 2.17 bits per heavy atom. The summed E-state index contributed by atoms with van der Waals surface area (Å²) in [6.45, 7) is 0.770. The molecule has 2 aromatic heterocycles. The van der Waals surface area contributed by atoms with Crippen molar-refractivity contribution in [3.05, 3.63) is 41.0 Å². The molecule has 3 rings (SSSR count). The number of para-hydroxylation sites is 1. The number of methoxy groups -OCH3 is 1. The van der Waals surface area contributed by atoms with Crippen LogP contribution in [0.25, 0.3) is 10.2 Å². The van der Waals surface area contributed by atoms with E-state index in [-0.39, 0.29) is 5.91 Å². The summed E-state index contributed by atoms with van der Waals surface area (Å²) in [5.41, 5.74) is 0.988. The van der Waals surface area contributed by atoms with Gasteiger partial charge in [-0.1, -0.05) is 17.3 Å². The largest absolute Gasteiger partial charge is 0.375 e. The monoisotopic (exact) mass is 346 g/mol. The van der Waals surface area contributed by atoms with Crippen LogP contribution in [0.4, 0.5) is 0 Å². The molecule has 1 N–H and O–H groups in total. The number of rotatable bonds is 8. The molecule has 0 bridgehead atoms. The van der Waals surface area contributed by atoms with Crippen LogP contribution in [0.5, 0.6) is 0 Å². The highest BCUT2D eigenvalue weighted by Gasteiger charge is 2.08. The molecule has 3 aromatic rings. The third-order valence-corrected chi connectivity index (χ3v) is 4.45. The van der Waals surface area contributed by atoms with Crippen LogP contribution in [0.1, 0.15) is 23.1 Å². The molecule has 1 amide bonds. The van der Waals surface area contributed by atoms with Gasteiger partial charge in [0.2, 0.25) is 5.91 Å². The lowest BCUT2D eigenvalue weighted by Gasteiger charge is -2.02.